The number of aromatic nitrogens is 4. The predicted molar refractivity (Wildman–Crippen MR) is 105 cm³/mol. The third-order valence-electron chi connectivity index (χ3n) is 4.43. The van der Waals surface area contributed by atoms with Crippen molar-refractivity contribution < 1.29 is 19.1 Å². The Labute approximate surface area is 168 Å². The number of fused-ring (bicyclic) bond motifs is 3. The van der Waals surface area contributed by atoms with Crippen molar-refractivity contribution in [1.29, 1.82) is 0 Å². The summed E-state index contributed by atoms with van der Waals surface area (Å²) in [6.45, 7) is 0.406. The molecule has 0 bridgehead atoms. The first-order chi connectivity index (χ1) is 13.8. The van der Waals surface area contributed by atoms with E-state index in [4.69, 9.17) is 23.1 Å². The number of nitrogens with zero attached hydrogens (tertiary/aromatic N) is 3. The van der Waals surface area contributed by atoms with Gasteiger partial charge in [0.25, 0.3) is 5.56 Å². The first-order valence-electron chi connectivity index (χ1n) is 8.84. The molecule has 1 aromatic carbocycles. The van der Waals surface area contributed by atoms with Gasteiger partial charge in [0.1, 0.15) is 5.82 Å². The van der Waals surface area contributed by atoms with Crippen molar-refractivity contribution in [2.24, 2.45) is 5.73 Å². The monoisotopic (exact) mass is 422 g/mol. The standard InChI is InChI=1S/C17H19FN6O4S/c18-9-2-4-12-10(8-9)15(28)23(16-21-22-17(29)24(12)16)7-1-6-20-14(27)11(19)3-5-13(25)26/h2,4,8,11H,1,3,5-7,19H2,(H,20,27)(H,22,29)(H,25,26)/t11-/m0/s1. The first kappa shape index (κ1) is 20.6. The number of amides is 1. The number of carbonyl (C=O) groups is 2. The molecule has 1 atom stereocenters. The minimum atomic E-state index is -1.03. The maximum atomic E-state index is 13.7. The van der Waals surface area contributed by atoms with Crippen molar-refractivity contribution in [3.05, 3.63) is 39.1 Å². The Kier molecular flexibility index (Phi) is 6.03. The molecule has 3 rings (SSSR count). The fourth-order valence-corrected chi connectivity index (χ4v) is 3.21. The van der Waals surface area contributed by atoms with Crippen molar-refractivity contribution in [3.8, 4) is 0 Å². The zero-order chi connectivity index (χ0) is 21.1. The number of hydrogen-bond acceptors (Lipinski definition) is 6. The van der Waals surface area contributed by atoms with E-state index in [9.17, 15) is 18.8 Å². The summed E-state index contributed by atoms with van der Waals surface area (Å²) in [4.78, 5) is 35.2. The van der Waals surface area contributed by atoms with Crippen LogP contribution in [0, 0.1) is 10.6 Å². The van der Waals surface area contributed by atoms with E-state index in [1.54, 1.807) is 4.40 Å². The second-order valence-corrected chi connectivity index (χ2v) is 6.85. The van der Waals surface area contributed by atoms with E-state index in [-0.39, 0.29) is 41.9 Å². The van der Waals surface area contributed by atoms with Crippen LogP contribution in [0.5, 0.6) is 0 Å². The zero-order valence-electron chi connectivity index (χ0n) is 15.2. The number of rotatable bonds is 8. The molecule has 29 heavy (non-hydrogen) atoms. The molecule has 0 radical (unpaired) electrons. The van der Waals surface area contributed by atoms with Crippen molar-refractivity contribution in [2.75, 3.05) is 6.54 Å². The Hall–Kier alpha value is -3.12. The van der Waals surface area contributed by atoms with Crippen LogP contribution in [0.25, 0.3) is 16.7 Å². The summed E-state index contributed by atoms with van der Waals surface area (Å²) in [6, 6.07) is 2.93. The lowest BCUT2D eigenvalue weighted by atomic mass is 10.1. The molecular formula is C17H19FN6O4S. The topological polar surface area (TPSA) is 148 Å². The number of carbonyl (C=O) groups excluding carboxylic acids is 1. The van der Waals surface area contributed by atoms with Crippen LogP contribution >= 0.6 is 12.2 Å². The summed E-state index contributed by atoms with van der Waals surface area (Å²) in [5.41, 5.74) is 5.66. The maximum Gasteiger partial charge on any atom is 0.303 e. The molecule has 0 saturated heterocycles. The average molecular weight is 422 g/mol. The average Bonchev–Trinajstić information content (AvgIpc) is 3.06. The Bertz CT molecular complexity index is 1200. The van der Waals surface area contributed by atoms with Crippen molar-refractivity contribution in [2.45, 2.75) is 31.8 Å². The molecule has 10 nitrogen and oxygen atoms in total. The van der Waals surface area contributed by atoms with Gasteiger partial charge in [-0.2, -0.15) is 0 Å². The van der Waals surface area contributed by atoms with Crippen LogP contribution < -0.4 is 16.6 Å². The molecule has 2 heterocycles. The zero-order valence-corrected chi connectivity index (χ0v) is 16.0. The van der Waals surface area contributed by atoms with Gasteiger partial charge in [0.2, 0.25) is 16.5 Å². The van der Waals surface area contributed by atoms with Gasteiger partial charge >= 0.3 is 5.97 Å². The fraction of sp³-hybridized carbons (Fsp3) is 0.353. The predicted octanol–water partition coefficient (Wildman–Crippen LogP) is 0.544. The molecule has 0 aliphatic heterocycles. The highest BCUT2D eigenvalue weighted by Crippen LogP contribution is 2.14. The second kappa shape index (κ2) is 8.49. The summed E-state index contributed by atoms with van der Waals surface area (Å²) in [5.74, 6) is -1.75. The van der Waals surface area contributed by atoms with Gasteiger partial charge in [-0.05, 0) is 43.3 Å². The second-order valence-electron chi connectivity index (χ2n) is 6.47. The molecule has 154 valence electrons. The van der Waals surface area contributed by atoms with E-state index >= 15 is 0 Å². The van der Waals surface area contributed by atoms with E-state index in [1.165, 1.54) is 16.7 Å². The number of benzene rings is 1. The summed E-state index contributed by atoms with van der Waals surface area (Å²) >= 11 is 5.21. The van der Waals surface area contributed by atoms with Crippen LogP contribution in [-0.2, 0) is 16.1 Å². The summed E-state index contributed by atoms with van der Waals surface area (Å²) in [5, 5.41) is 18.1. The van der Waals surface area contributed by atoms with E-state index in [1.807, 2.05) is 0 Å². The number of H-pyrrole nitrogens is 1. The summed E-state index contributed by atoms with van der Waals surface area (Å²) in [7, 11) is 0. The number of carboxylic acid groups (broad SMARTS) is 1. The highest BCUT2D eigenvalue weighted by Gasteiger charge is 2.16. The minimum absolute atomic E-state index is 0.0308. The Morgan fingerprint density at radius 2 is 2.17 bits per heavy atom. The van der Waals surface area contributed by atoms with Gasteiger partial charge in [-0.3, -0.25) is 23.4 Å². The number of carboxylic acids is 1. The molecule has 0 saturated carbocycles. The van der Waals surface area contributed by atoms with E-state index < -0.39 is 29.3 Å². The Balaban J connectivity index is 1.76. The van der Waals surface area contributed by atoms with Gasteiger partial charge in [-0.15, -0.1) is 5.10 Å². The van der Waals surface area contributed by atoms with Gasteiger partial charge in [0.05, 0.1) is 16.9 Å². The number of aryl methyl sites for hydroxylation is 1. The molecular weight excluding hydrogens is 403 g/mol. The Morgan fingerprint density at radius 3 is 2.90 bits per heavy atom. The van der Waals surface area contributed by atoms with Gasteiger partial charge < -0.3 is 16.2 Å². The normalized spacial score (nSPS) is 12.3. The van der Waals surface area contributed by atoms with Crippen LogP contribution in [0.15, 0.2) is 23.0 Å². The summed E-state index contributed by atoms with van der Waals surface area (Å²) in [6.07, 6.45) is 0.200. The third-order valence-corrected chi connectivity index (χ3v) is 4.71. The largest absolute Gasteiger partial charge is 0.481 e. The minimum Gasteiger partial charge on any atom is -0.481 e. The van der Waals surface area contributed by atoms with Gasteiger partial charge in [-0.25, -0.2) is 9.49 Å². The van der Waals surface area contributed by atoms with Gasteiger partial charge in [0, 0.05) is 19.5 Å². The molecule has 2 aromatic heterocycles. The lowest BCUT2D eigenvalue weighted by Crippen LogP contribution is -2.41. The SMILES string of the molecule is N[C@@H](CCC(=O)O)C(=O)NCCCn1c(=O)c2cc(F)ccc2n2c(=S)[nH]nc12. The highest BCUT2D eigenvalue weighted by molar-refractivity contribution is 7.71. The number of hydrogen-bond donors (Lipinski definition) is 4. The molecule has 0 spiro atoms. The quantitative estimate of drug-likeness (QED) is 0.306. The van der Waals surface area contributed by atoms with Crippen molar-refractivity contribution >= 4 is 40.8 Å². The first-order valence-corrected chi connectivity index (χ1v) is 9.24. The number of nitrogens with two attached hydrogens (primary N) is 1. The van der Waals surface area contributed by atoms with Crippen LogP contribution in [0.4, 0.5) is 4.39 Å². The number of aliphatic carboxylic acids is 1. The maximum absolute atomic E-state index is 13.7. The molecule has 1 amide bonds. The van der Waals surface area contributed by atoms with Crippen LogP contribution in [0.2, 0.25) is 0 Å². The lowest BCUT2D eigenvalue weighted by Gasteiger charge is -2.13. The van der Waals surface area contributed by atoms with Crippen molar-refractivity contribution in [1.82, 2.24) is 24.5 Å². The van der Waals surface area contributed by atoms with E-state index in [0.717, 1.165) is 6.07 Å². The number of nitrogens with one attached hydrogen (secondary N) is 2. The number of aromatic amines is 1. The number of halogens is 1. The Morgan fingerprint density at radius 1 is 1.41 bits per heavy atom. The summed E-state index contributed by atoms with van der Waals surface area (Å²) < 4.78 is 16.8. The molecule has 3 aromatic rings. The molecule has 0 aliphatic rings. The van der Waals surface area contributed by atoms with Gasteiger partial charge in [-0.1, -0.05) is 0 Å². The van der Waals surface area contributed by atoms with Gasteiger partial charge in [0.15, 0.2) is 0 Å². The van der Waals surface area contributed by atoms with E-state index in [0.29, 0.717) is 11.9 Å². The lowest BCUT2D eigenvalue weighted by molar-refractivity contribution is -0.137. The molecule has 12 heteroatoms. The van der Waals surface area contributed by atoms with Crippen LogP contribution in [0.3, 0.4) is 0 Å². The molecule has 0 unspecified atom stereocenters. The molecule has 5 N–H and O–H groups in total. The molecule has 0 fully saturated rings. The molecule has 0 aliphatic carbocycles. The third kappa shape index (κ3) is 4.32. The van der Waals surface area contributed by atoms with Crippen LogP contribution in [-0.4, -0.2) is 48.7 Å². The van der Waals surface area contributed by atoms with E-state index in [2.05, 4.69) is 15.5 Å². The highest BCUT2D eigenvalue weighted by atomic mass is 32.1. The smallest absolute Gasteiger partial charge is 0.303 e. The fourth-order valence-electron chi connectivity index (χ4n) is 2.99. The van der Waals surface area contributed by atoms with Crippen LogP contribution in [0.1, 0.15) is 19.3 Å². The van der Waals surface area contributed by atoms with Crippen molar-refractivity contribution in [3.63, 3.8) is 0 Å².